The Morgan fingerprint density at radius 2 is 1.64 bits per heavy atom. The summed E-state index contributed by atoms with van der Waals surface area (Å²) in [6, 6.07) is 20.9. The zero-order chi connectivity index (χ0) is 22.7. The van der Waals surface area contributed by atoms with Gasteiger partial charge in [0.2, 0.25) is 11.8 Å². The standard InChI is InChI=1S/C25H25N3O4.Na/c1-28(15-18-12-7-11-17-10-5-6-13-19(17)18)24(30)20(14-16-8-3-2-4-9-16)26-23(29)21-22(27-21)25(31)32;/h2-13,20-22,27H,14-15H2,1H3,(H,26,29)(H,31,32);/t20-,21-,22-;/m0./s1. The fourth-order valence-corrected chi connectivity index (χ4v) is 3.92. The van der Waals surface area contributed by atoms with E-state index in [-0.39, 0.29) is 35.5 Å². The summed E-state index contributed by atoms with van der Waals surface area (Å²) >= 11 is 0. The molecule has 165 valence electrons. The van der Waals surface area contributed by atoms with E-state index in [9.17, 15) is 14.4 Å². The van der Waals surface area contributed by atoms with Crippen LogP contribution in [0.2, 0.25) is 0 Å². The number of nitrogens with zero attached hydrogens (tertiary/aromatic N) is 1. The quantitative estimate of drug-likeness (QED) is 0.354. The fraction of sp³-hybridized carbons (Fsp3) is 0.240. The first-order chi connectivity index (χ1) is 15.4. The van der Waals surface area contributed by atoms with E-state index in [1.807, 2.05) is 72.8 Å². The van der Waals surface area contributed by atoms with Crippen LogP contribution in [-0.4, -0.2) is 82.5 Å². The summed E-state index contributed by atoms with van der Waals surface area (Å²) in [5.41, 5.74) is 1.92. The van der Waals surface area contributed by atoms with Crippen LogP contribution in [0, 0.1) is 0 Å². The third-order valence-corrected chi connectivity index (χ3v) is 5.69. The number of carbonyl (C=O) groups excluding carboxylic acids is 2. The Labute approximate surface area is 214 Å². The molecule has 7 nitrogen and oxygen atoms in total. The Morgan fingerprint density at radius 3 is 2.33 bits per heavy atom. The summed E-state index contributed by atoms with van der Waals surface area (Å²) in [6.45, 7) is 0.390. The number of fused-ring (bicyclic) bond motifs is 1. The van der Waals surface area contributed by atoms with E-state index in [1.54, 1.807) is 11.9 Å². The molecule has 1 saturated heterocycles. The van der Waals surface area contributed by atoms with Crippen molar-refractivity contribution in [2.75, 3.05) is 7.05 Å². The molecule has 1 aliphatic heterocycles. The van der Waals surface area contributed by atoms with E-state index in [0.29, 0.717) is 13.0 Å². The first kappa shape index (κ1) is 24.9. The van der Waals surface area contributed by atoms with Crippen molar-refractivity contribution >= 4 is 58.1 Å². The van der Waals surface area contributed by atoms with Crippen LogP contribution in [0.5, 0.6) is 0 Å². The number of aliphatic carboxylic acids is 1. The van der Waals surface area contributed by atoms with Crippen molar-refractivity contribution in [3.8, 4) is 0 Å². The molecule has 33 heavy (non-hydrogen) atoms. The first-order valence-corrected chi connectivity index (χ1v) is 10.5. The molecule has 1 fully saturated rings. The Morgan fingerprint density at radius 1 is 0.970 bits per heavy atom. The molecule has 0 bridgehead atoms. The molecular formula is C25H25N3NaO4. The third kappa shape index (κ3) is 6.00. The molecule has 0 saturated carbocycles. The normalized spacial score (nSPS) is 17.5. The van der Waals surface area contributed by atoms with Gasteiger partial charge < -0.3 is 15.3 Å². The summed E-state index contributed by atoms with van der Waals surface area (Å²) in [4.78, 5) is 38.6. The van der Waals surface area contributed by atoms with Crippen molar-refractivity contribution < 1.29 is 19.5 Å². The molecule has 0 aliphatic carbocycles. The number of rotatable bonds is 8. The second kappa shape index (κ2) is 10.9. The van der Waals surface area contributed by atoms with Crippen molar-refractivity contribution in [1.82, 2.24) is 15.5 Å². The number of nitrogens with one attached hydrogen (secondary N) is 2. The van der Waals surface area contributed by atoms with Crippen LogP contribution in [0.15, 0.2) is 72.8 Å². The number of hydrogen-bond donors (Lipinski definition) is 3. The van der Waals surface area contributed by atoms with Crippen molar-refractivity contribution in [3.63, 3.8) is 0 Å². The monoisotopic (exact) mass is 454 g/mol. The van der Waals surface area contributed by atoms with Crippen LogP contribution in [0.4, 0.5) is 0 Å². The molecule has 3 aromatic rings. The summed E-state index contributed by atoms with van der Waals surface area (Å²) in [5.74, 6) is -1.79. The van der Waals surface area contributed by atoms with E-state index in [4.69, 9.17) is 5.11 Å². The molecule has 1 radical (unpaired) electrons. The van der Waals surface area contributed by atoms with Gasteiger partial charge in [-0.15, -0.1) is 0 Å². The minimum Gasteiger partial charge on any atom is -0.480 e. The van der Waals surface area contributed by atoms with Crippen molar-refractivity contribution in [2.45, 2.75) is 31.1 Å². The van der Waals surface area contributed by atoms with Gasteiger partial charge in [0.15, 0.2) is 0 Å². The Kier molecular flexibility index (Phi) is 8.26. The van der Waals surface area contributed by atoms with Crippen molar-refractivity contribution in [2.24, 2.45) is 0 Å². The first-order valence-electron chi connectivity index (χ1n) is 10.5. The van der Waals surface area contributed by atoms with Crippen molar-refractivity contribution in [1.29, 1.82) is 0 Å². The maximum atomic E-state index is 13.4. The zero-order valence-corrected chi connectivity index (χ0v) is 20.7. The molecule has 4 rings (SSSR count). The number of carbonyl (C=O) groups is 3. The van der Waals surface area contributed by atoms with Gasteiger partial charge in [0, 0.05) is 49.6 Å². The summed E-state index contributed by atoms with van der Waals surface area (Å²) in [6.07, 6.45) is 0.315. The number of hydrogen-bond acceptors (Lipinski definition) is 4. The maximum Gasteiger partial charge on any atom is 0.322 e. The third-order valence-electron chi connectivity index (χ3n) is 5.69. The Bertz CT molecular complexity index is 1150. The molecule has 1 aliphatic rings. The Balaban J connectivity index is 0.00000306. The molecule has 8 heteroatoms. The maximum absolute atomic E-state index is 13.4. The SMILES string of the molecule is CN(Cc1cccc2ccccc12)C(=O)[C@H](Cc1ccccc1)NC(=O)[C@H]1N[C@@H]1C(=O)O.[Na]. The van der Waals surface area contributed by atoms with Gasteiger partial charge >= 0.3 is 5.97 Å². The summed E-state index contributed by atoms with van der Waals surface area (Å²) < 4.78 is 0. The largest absolute Gasteiger partial charge is 0.480 e. The number of carboxylic acids is 1. The number of benzene rings is 3. The van der Waals surface area contributed by atoms with Crippen LogP contribution >= 0.6 is 0 Å². The summed E-state index contributed by atoms with van der Waals surface area (Å²) in [5, 5.41) is 16.6. The molecule has 0 unspecified atom stereocenters. The predicted octanol–water partition coefficient (Wildman–Crippen LogP) is 1.57. The molecule has 0 aromatic heterocycles. The Hall–Kier alpha value is -2.71. The van der Waals surface area contributed by atoms with Gasteiger partial charge in [0.25, 0.3) is 0 Å². The molecule has 1 heterocycles. The van der Waals surface area contributed by atoms with Gasteiger partial charge in [-0.1, -0.05) is 72.8 Å². The number of carboxylic acid groups (broad SMARTS) is 1. The van der Waals surface area contributed by atoms with E-state index in [1.165, 1.54) is 0 Å². The van der Waals surface area contributed by atoms with E-state index < -0.39 is 30.0 Å². The molecule has 2 amide bonds. The second-order valence-electron chi connectivity index (χ2n) is 8.04. The fourth-order valence-electron chi connectivity index (χ4n) is 3.92. The van der Waals surface area contributed by atoms with Crippen LogP contribution < -0.4 is 10.6 Å². The summed E-state index contributed by atoms with van der Waals surface area (Å²) in [7, 11) is 1.71. The van der Waals surface area contributed by atoms with Gasteiger partial charge in [-0.3, -0.25) is 19.7 Å². The number of likely N-dealkylation sites (N-methyl/N-ethyl adjacent to an activating group) is 1. The van der Waals surface area contributed by atoms with Crippen LogP contribution in [-0.2, 0) is 27.3 Å². The molecule has 3 aromatic carbocycles. The van der Waals surface area contributed by atoms with Gasteiger partial charge in [-0.2, -0.15) is 0 Å². The van der Waals surface area contributed by atoms with E-state index in [2.05, 4.69) is 10.6 Å². The molecule has 3 N–H and O–H groups in total. The van der Waals surface area contributed by atoms with Crippen LogP contribution in [0.3, 0.4) is 0 Å². The minimum atomic E-state index is -1.08. The van der Waals surface area contributed by atoms with Gasteiger partial charge in [0.05, 0.1) is 0 Å². The molecule has 0 spiro atoms. The van der Waals surface area contributed by atoms with Crippen LogP contribution in [0.1, 0.15) is 11.1 Å². The smallest absolute Gasteiger partial charge is 0.322 e. The van der Waals surface area contributed by atoms with Gasteiger partial charge in [0.1, 0.15) is 18.1 Å². The molecule has 3 atom stereocenters. The minimum absolute atomic E-state index is 0. The zero-order valence-electron chi connectivity index (χ0n) is 18.7. The average Bonchev–Trinajstić information content (AvgIpc) is 3.61. The predicted molar refractivity (Wildman–Crippen MR) is 127 cm³/mol. The number of amides is 2. The van der Waals surface area contributed by atoms with Gasteiger partial charge in [-0.05, 0) is 21.9 Å². The average molecular weight is 454 g/mol. The molecular weight excluding hydrogens is 429 g/mol. The van der Waals surface area contributed by atoms with E-state index >= 15 is 0 Å². The topological polar surface area (TPSA) is 109 Å². The van der Waals surface area contributed by atoms with Crippen LogP contribution in [0.25, 0.3) is 10.8 Å². The van der Waals surface area contributed by atoms with E-state index in [0.717, 1.165) is 21.9 Å². The van der Waals surface area contributed by atoms with Gasteiger partial charge in [-0.25, -0.2) is 0 Å². The van der Waals surface area contributed by atoms with Crippen molar-refractivity contribution in [3.05, 3.63) is 83.9 Å². The second-order valence-corrected chi connectivity index (χ2v) is 8.04.